The molecule has 0 unspecified atom stereocenters. The quantitative estimate of drug-likeness (QED) is 0.665. The number of alkyl halides is 3. The largest absolute Gasteiger partial charge is 0.438 e. The molecule has 1 aromatic heterocycles. The first-order valence-corrected chi connectivity index (χ1v) is 5.25. The van der Waals surface area contributed by atoms with Gasteiger partial charge in [0.05, 0.1) is 0 Å². The van der Waals surface area contributed by atoms with Gasteiger partial charge in [0.15, 0.2) is 11.6 Å². The summed E-state index contributed by atoms with van der Waals surface area (Å²) in [5.74, 6) is 4.97. The lowest BCUT2D eigenvalue weighted by molar-refractivity contribution is -0.141. The molecule has 0 saturated carbocycles. The number of hydrogen-bond donors (Lipinski definition) is 1. The van der Waals surface area contributed by atoms with Gasteiger partial charge in [0.2, 0.25) is 5.69 Å². The molecule has 0 aliphatic rings. The molecule has 0 aliphatic heterocycles. The van der Waals surface area contributed by atoms with Gasteiger partial charge in [-0.1, -0.05) is 30.3 Å². The van der Waals surface area contributed by atoms with Crippen molar-refractivity contribution in [2.24, 2.45) is 5.84 Å². The maximum absolute atomic E-state index is 12.7. The molecule has 0 radical (unpaired) electrons. The number of rotatable bonds is 2. The molecule has 0 spiro atoms. The number of nitrogens with zero attached hydrogens (tertiary/aromatic N) is 4. The van der Waals surface area contributed by atoms with Crippen LogP contribution in [-0.2, 0) is 6.18 Å². The molecule has 0 atom stereocenters. The zero-order chi connectivity index (χ0) is 14.0. The summed E-state index contributed by atoms with van der Waals surface area (Å²) < 4.78 is 38.2. The molecule has 2 N–H and O–H groups in total. The molecule has 2 rings (SSSR count). The molecule has 0 bridgehead atoms. The molecule has 100 valence electrons. The summed E-state index contributed by atoms with van der Waals surface area (Å²) in [6.07, 6.45) is -4.65. The third-order valence-electron chi connectivity index (χ3n) is 2.30. The second-order valence-corrected chi connectivity index (χ2v) is 3.78. The zero-order valence-corrected chi connectivity index (χ0v) is 9.89. The molecule has 0 saturated heterocycles. The molecule has 0 amide bonds. The topological polar surface area (TPSA) is 67.9 Å². The molecule has 2 aromatic rings. The summed E-state index contributed by atoms with van der Waals surface area (Å²) in [5, 5.41) is 7.45. The van der Waals surface area contributed by atoms with Crippen molar-refractivity contribution in [1.82, 2.24) is 15.2 Å². The van der Waals surface area contributed by atoms with Crippen LogP contribution in [0.5, 0.6) is 0 Å². The van der Waals surface area contributed by atoms with E-state index in [2.05, 4.69) is 15.2 Å². The van der Waals surface area contributed by atoms with Crippen molar-refractivity contribution < 1.29 is 13.2 Å². The van der Waals surface area contributed by atoms with Gasteiger partial charge in [0.25, 0.3) is 0 Å². The van der Waals surface area contributed by atoms with Crippen molar-refractivity contribution in [3.8, 4) is 11.4 Å². The van der Waals surface area contributed by atoms with E-state index in [1.165, 1.54) is 7.05 Å². The summed E-state index contributed by atoms with van der Waals surface area (Å²) >= 11 is 0. The van der Waals surface area contributed by atoms with Crippen molar-refractivity contribution >= 4 is 5.82 Å². The minimum Gasteiger partial charge on any atom is -0.296 e. The first kappa shape index (κ1) is 13.2. The van der Waals surface area contributed by atoms with E-state index in [1.54, 1.807) is 30.3 Å². The summed E-state index contributed by atoms with van der Waals surface area (Å²) in [4.78, 5) is 3.82. The van der Waals surface area contributed by atoms with E-state index >= 15 is 0 Å². The number of nitrogens with two attached hydrogens (primary N) is 1. The monoisotopic (exact) mass is 269 g/mol. The van der Waals surface area contributed by atoms with Gasteiger partial charge in [-0.2, -0.15) is 13.2 Å². The summed E-state index contributed by atoms with van der Waals surface area (Å²) in [7, 11) is 1.26. The van der Waals surface area contributed by atoms with Crippen LogP contribution in [0.1, 0.15) is 5.69 Å². The van der Waals surface area contributed by atoms with E-state index in [4.69, 9.17) is 5.84 Å². The van der Waals surface area contributed by atoms with Gasteiger partial charge in [-0.25, -0.2) is 10.8 Å². The first-order chi connectivity index (χ1) is 8.89. The smallest absolute Gasteiger partial charge is 0.296 e. The van der Waals surface area contributed by atoms with Crippen molar-refractivity contribution in [3.63, 3.8) is 0 Å². The second-order valence-electron chi connectivity index (χ2n) is 3.78. The van der Waals surface area contributed by atoms with Gasteiger partial charge in [-0.05, 0) is 0 Å². The Kier molecular flexibility index (Phi) is 3.34. The van der Waals surface area contributed by atoms with Crippen LogP contribution in [0.3, 0.4) is 0 Å². The average molecular weight is 269 g/mol. The van der Waals surface area contributed by atoms with Crippen molar-refractivity contribution in [2.45, 2.75) is 6.18 Å². The van der Waals surface area contributed by atoms with Gasteiger partial charge in [0.1, 0.15) is 0 Å². The fraction of sp³-hybridized carbons (Fsp3) is 0.182. The second kappa shape index (κ2) is 4.81. The number of aromatic nitrogens is 3. The summed E-state index contributed by atoms with van der Waals surface area (Å²) in [6, 6.07) is 8.57. The first-order valence-electron chi connectivity index (χ1n) is 5.25. The van der Waals surface area contributed by atoms with Crippen LogP contribution in [0.4, 0.5) is 19.0 Å². The molecule has 1 aromatic carbocycles. The molecular formula is C11H10F3N5. The Morgan fingerprint density at radius 2 is 1.74 bits per heavy atom. The van der Waals surface area contributed by atoms with Crippen LogP contribution in [0, 0.1) is 0 Å². The summed E-state index contributed by atoms with van der Waals surface area (Å²) in [6.45, 7) is 0. The van der Waals surface area contributed by atoms with Crippen molar-refractivity contribution in [2.75, 3.05) is 12.1 Å². The fourth-order valence-electron chi connectivity index (χ4n) is 1.46. The van der Waals surface area contributed by atoms with E-state index in [9.17, 15) is 13.2 Å². The molecule has 19 heavy (non-hydrogen) atoms. The lowest BCUT2D eigenvalue weighted by atomic mass is 10.2. The van der Waals surface area contributed by atoms with Gasteiger partial charge in [-0.15, -0.1) is 10.2 Å². The average Bonchev–Trinajstić information content (AvgIpc) is 2.38. The SMILES string of the molecule is CN(N)c1nc(-c2ccccc2)nnc1C(F)(F)F. The van der Waals surface area contributed by atoms with Crippen LogP contribution in [0.25, 0.3) is 11.4 Å². The van der Waals surface area contributed by atoms with E-state index in [0.717, 1.165) is 5.01 Å². The van der Waals surface area contributed by atoms with Gasteiger partial charge in [0, 0.05) is 12.6 Å². The lowest BCUT2D eigenvalue weighted by Crippen LogP contribution is -2.30. The highest BCUT2D eigenvalue weighted by Crippen LogP contribution is 2.33. The number of anilines is 1. The molecule has 5 nitrogen and oxygen atoms in total. The van der Waals surface area contributed by atoms with Crippen molar-refractivity contribution in [3.05, 3.63) is 36.0 Å². The van der Waals surface area contributed by atoms with Crippen molar-refractivity contribution in [1.29, 1.82) is 0 Å². The zero-order valence-electron chi connectivity index (χ0n) is 9.89. The molecular weight excluding hydrogens is 259 g/mol. The number of hydrazine groups is 1. The van der Waals surface area contributed by atoms with Crippen LogP contribution in [-0.4, -0.2) is 22.2 Å². The fourth-order valence-corrected chi connectivity index (χ4v) is 1.46. The number of benzene rings is 1. The Morgan fingerprint density at radius 1 is 1.11 bits per heavy atom. The Hall–Kier alpha value is -2.22. The van der Waals surface area contributed by atoms with Crippen LogP contribution in [0.2, 0.25) is 0 Å². The van der Waals surface area contributed by atoms with Crippen LogP contribution in [0.15, 0.2) is 30.3 Å². The van der Waals surface area contributed by atoms with E-state index in [-0.39, 0.29) is 5.82 Å². The minimum absolute atomic E-state index is 0.0842. The standard InChI is InChI=1S/C11H10F3N5/c1-19(15)10-8(11(12,13)14)17-18-9(16-10)7-5-3-2-4-6-7/h2-6H,15H2,1H3. The summed E-state index contributed by atoms with van der Waals surface area (Å²) in [5.41, 5.74) is -0.649. The highest BCUT2D eigenvalue weighted by Gasteiger charge is 2.38. The third kappa shape index (κ3) is 2.79. The highest BCUT2D eigenvalue weighted by atomic mass is 19.4. The predicted octanol–water partition coefficient (Wildman–Crippen LogP) is 1.87. The highest BCUT2D eigenvalue weighted by molar-refractivity contribution is 5.57. The maximum atomic E-state index is 12.7. The van der Waals surface area contributed by atoms with Crippen LogP contribution >= 0.6 is 0 Å². The van der Waals surface area contributed by atoms with E-state index in [1.807, 2.05) is 0 Å². The molecule has 0 fully saturated rings. The maximum Gasteiger partial charge on any atom is 0.438 e. The Balaban J connectivity index is 2.55. The molecule has 8 heteroatoms. The van der Waals surface area contributed by atoms with E-state index < -0.39 is 17.7 Å². The van der Waals surface area contributed by atoms with Gasteiger partial charge in [-0.3, -0.25) is 5.01 Å². The van der Waals surface area contributed by atoms with Crippen LogP contribution < -0.4 is 10.9 Å². The van der Waals surface area contributed by atoms with E-state index in [0.29, 0.717) is 5.56 Å². The Labute approximate surface area is 106 Å². The third-order valence-corrected chi connectivity index (χ3v) is 2.30. The van der Waals surface area contributed by atoms with Gasteiger partial charge < -0.3 is 0 Å². The normalized spacial score (nSPS) is 11.4. The molecule has 1 heterocycles. The predicted molar refractivity (Wildman–Crippen MR) is 62.9 cm³/mol. The Bertz CT molecular complexity index is 568. The molecule has 0 aliphatic carbocycles. The van der Waals surface area contributed by atoms with Gasteiger partial charge >= 0.3 is 6.18 Å². The number of halogens is 3. The minimum atomic E-state index is -4.65. The Morgan fingerprint density at radius 3 is 2.26 bits per heavy atom. The number of hydrogen-bond acceptors (Lipinski definition) is 5. The lowest BCUT2D eigenvalue weighted by Gasteiger charge is -2.16.